The summed E-state index contributed by atoms with van der Waals surface area (Å²) in [4.78, 5) is 0. The Kier molecular flexibility index (Phi) is 5.27. The SMILES string of the molecule is [Pt+2].[c-]1ccccc1-n1ccc(C2(c3ccn(-c4[c-]cccc4)n3)OCCO2)n1. The molecule has 1 aliphatic heterocycles. The summed E-state index contributed by atoms with van der Waals surface area (Å²) in [5.41, 5.74) is 3.00. The molecule has 3 heterocycles. The molecule has 7 heteroatoms. The van der Waals surface area contributed by atoms with E-state index in [-0.39, 0.29) is 21.1 Å². The predicted octanol–water partition coefficient (Wildman–Crippen LogP) is 2.90. The molecule has 1 fully saturated rings. The van der Waals surface area contributed by atoms with Gasteiger partial charge in [0.2, 0.25) is 0 Å². The zero-order chi connectivity index (χ0) is 18.1. The first-order valence-corrected chi connectivity index (χ1v) is 8.70. The Bertz CT molecular complexity index is 961. The largest absolute Gasteiger partial charge is 2.00 e. The van der Waals surface area contributed by atoms with E-state index in [0.29, 0.717) is 24.6 Å². The Morgan fingerprint density at radius 2 is 1.25 bits per heavy atom. The minimum Gasteiger partial charge on any atom is -0.337 e. The first-order valence-electron chi connectivity index (χ1n) is 8.70. The molecule has 0 radical (unpaired) electrons. The van der Waals surface area contributed by atoms with E-state index in [1.165, 1.54) is 0 Å². The Morgan fingerprint density at radius 1 is 0.750 bits per heavy atom. The molecule has 28 heavy (non-hydrogen) atoms. The summed E-state index contributed by atoms with van der Waals surface area (Å²) in [6, 6.07) is 25.4. The number of hydrogen-bond donors (Lipinski definition) is 0. The van der Waals surface area contributed by atoms with Crippen LogP contribution in [0.15, 0.2) is 73.1 Å². The summed E-state index contributed by atoms with van der Waals surface area (Å²) in [6.07, 6.45) is 3.74. The van der Waals surface area contributed by atoms with E-state index in [9.17, 15) is 0 Å². The Hall–Kier alpha value is -2.53. The van der Waals surface area contributed by atoms with Crippen LogP contribution in [0.2, 0.25) is 0 Å². The van der Waals surface area contributed by atoms with Gasteiger partial charge in [0.05, 0.1) is 13.2 Å². The Labute approximate surface area is 177 Å². The van der Waals surface area contributed by atoms with Gasteiger partial charge in [-0.05, 0) is 23.5 Å². The molecule has 142 valence electrons. The maximum atomic E-state index is 6.02. The normalized spacial score (nSPS) is 15.3. The van der Waals surface area contributed by atoms with Crippen molar-refractivity contribution >= 4 is 0 Å². The molecule has 0 bridgehead atoms. The van der Waals surface area contributed by atoms with Crippen molar-refractivity contribution in [1.29, 1.82) is 0 Å². The predicted molar refractivity (Wildman–Crippen MR) is 97.5 cm³/mol. The van der Waals surface area contributed by atoms with E-state index < -0.39 is 5.79 Å². The minimum atomic E-state index is -1.11. The standard InChI is InChI=1S/C21H16N4O2.Pt/c1-3-7-17(8-4-1)24-13-11-19(22-24)21(26-15-16-27-21)20-12-14-25(23-20)18-9-5-2-6-10-18;/h1-7,9,11-14H,15-16H2;/q-2;+2. The zero-order valence-corrected chi connectivity index (χ0v) is 17.0. The van der Waals surface area contributed by atoms with Crippen LogP contribution in [0.3, 0.4) is 0 Å². The second-order valence-electron chi connectivity index (χ2n) is 6.10. The first-order chi connectivity index (χ1) is 13.4. The topological polar surface area (TPSA) is 54.1 Å². The molecule has 0 unspecified atom stereocenters. The van der Waals surface area contributed by atoms with Gasteiger partial charge in [0.15, 0.2) is 0 Å². The van der Waals surface area contributed by atoms with Crippen molar-refractivity contribution in [2.24, 2.45) is 0 Å². The van der Waals surface area contributed by atoms with Crippen molar-refractivity contribution < 1.29 is 30.5 Å². The molecule has 6 nitrogen and oxygen atoms in total. The van der Waals surface area contributed by atoms with Crippen LogP contribution in [0.25, 0.3) is 11.4 Å². The molecule has 0 atom stereocenters. The zero-order valence-electron chi connectivity index (χ0n) is 14.8. The number of benzene rings is 2. The van der Waals surface area contributed by atoms with Crippen molar-refractivity contribution in [2.75, 3.05) is 13.2 Å². The number of ether oxygens (including phenoxy) is 2. The molecule has 0 spiro atoms. The molecule has 2 aromatic heterocycles. The van der Waals surface area contributed by atoms with Gasteiger partial charge in [-0.3, -0.25) is 9.36 Å². The third kappa shape index (κ3) is 3.24. The molecule has 0 aliphatic carbocycles. The van der Waals surface area contributed by atoms with Gasteiger partial charge in [0.1, 0.15) is 11.4 Å². The molecular weight excluding hydrogens is 535 g/mol. The van der Waals surface area contributed by atoms with E-state index in [2.05, 4.69) is 22.3 Å². The van der Waals surface area contributed by atoms with Gasteiger partial charge in [-0.2, -0.15) is 58.7 Å². The van der Waals surface area contributed by atoms with Gasteiger partial charge in [-0.1, -0.05) is 0 Å². The number of para-hydroxylation sites is 2. The van der Waals surface area contributed by atoms with Gasteiger partial charge in [0.25, 0.3) is 5.79 Å². The van der Waals surface area contributed by atoms with Crippen LogP contribution in [-0.2, 0) is 36.3 Å². The summed E-state index contributed by atoms with van der Waals surface area (Å²) in [5, 5.41) is 9.34. The van der Waals surface area contributed by atoms with Crippen LogP contribution < -0.4 is 0 Å². The van der Waals surface area contributed by atoms with Crippen LogP contribution >= 0.6 is 0 Å². The monoisotopic (exact) mass is 551 g/mol. The second kappa shape index (κ2) is 7.84. The van der Waals surface area contributed by atoms with Gasteiger partial charge < -0.3 is 9.47 Å². The molecule has 1 saturated heterocycles. The molecule has 2 aromatic carbocycles. The Balaban J connectivity index is 0.00000192. The molecule has 4 aromatic rings. The summed E-state index contributed by atoms with van der Waals surface area (Å²) in [6.45, 7) is 0.962. The van der Waals surface area contributed by atoms with Crippen LogP contribution in [-0.4, -0.2) is 32.8 Å². The maximum Gasteiger partial charge on any atom is 2.00 e. The van der Waals surface area contributed by atoms with Crippen molar-refractivity contribution in [1.82, 2.24) is 19.6 Å². The average Bonchev–Trinajstić information content (AvgIpc) is 3.49. The summed E-state index contributed by atoms with van der Waals surface area (Å²) in [5.74, 6) is -1.11. The van der Waals surface area contributed by atoms with E-state index >= 15 is 0 Å². The summed E-state index contributed by atoms with van der Waals surface area (Å²) in [7, 11) is 0. The van der Waals surface area contributed by atoms with Crippen LogP contribution in [0.5, 0.6) is 0 Å². The van der Waals surface area contributed by atoms with Crippen LogP contribution in [0.1, 0.15) is 11.4 Å². The number of nitrogens with zero attached hydrogens (tertiary/aromatic N) is 4. The molecular formula is C21H16N4O2Pt. The minimum absolute atomic E-state index is 0. The fraction of sp³-hybridized carbons (Fsp3) is 0.143. The number of hydrogen-bond acceptors (Lipinski definition) is 4. The molecule has 5 rings (SSSR count). The van der Waals surface area contributed by atoms with Crippen molar-refractivity contribution in [3.63, 3.8) is 0 Å². The van der Waals surface area contributed by atoms with Gasteiger partial charge in [0, 0.05) is 12.4 Å². The van der Waals surface area contributed by atoms with Crippen molar-refractivity contribution in [3.8, 4) is 11.4 Å². The quantitative estimate of drug-likeness (QED) is 0.367. The first kappa shape index (κ1) is 18.8. The van der Waals surface area contributed by atoms with Crippen LogP contribution in [0.4, 0.5) is 0 Å². The number of aromatic nitrogens is 4. The third-order valence-electron chi connectivity index (χ3n) is 4.43. The van der Waals surface area contributed by atoms with E-state index in [4.69, 9.17) is 9.47 Å². The van der Waals surface area contributed by atoms with Gasteiger partial charge in [-0.15, -0.1) is 12.1 Å². The third-order valence-corrected chi connectivity index (χ3v) is 4.43. The van der Waals surface area contributed by atoms with Crippen molar-refractivity contribution in [3.05, 3.63) is 96.6 Å². The average molecular weight is 551 g/mol. The Morgan fingerprint density at radius 3 is 1.68 bits per heavy atom. The van der Waals surface area contributed by atoms with Crippen LogP contribution in [0, 0.1) is 12.1 Å². The number of rotatable bonds is 4. The smallest absolute Gasteiger partial charge is 0.337 e. The molecule has 1 aliphatic rings. The van der Waals surface area contributed by atoms with Gasteiger partial charge >= 0.3 is 21.1 Å². The van der Waals surface area contributed by atoms with Crippen molar-refractivity contribution in [2.45, 2.75) is 5.79 Å². The summed E-state index contributed by atoms with van der Waals surface area (Å²) >= 11 is 0. The van der Waals surface area contributed by atoms with Gasteiger partial charge in [-0.25, -0.2) is 0 Å². The maximum absolute atomic E-state index is 6.02. The van der Waals surface area contributed by atoms with E-state index in [1.54, 1.807) is 9.36 Å². The van der Waals surface area contributed by atoms with E-state index in [1.807, 2.05) is 73.1 Å². The van der Waals surface area contributed by atoms with E-state index in [0.717, 1.165) is 11.4 Å². The molecule has 0 amide bonds. The second-order valence-corrected chi connectivity index (χ2v) is 6.10. The summed E-state index contributed by atoms with van der Waals surface area (Å²) < 4.78 is 15.5. The fourth-order valence-corrected chi connectivity index (χ4v) is 3.16. The molecule has 0 N–H and O–H groups in total. The fourth-order valence-electron chi connectivity index (χ4n) is 3.16. The molecule has 0 saturated carbocycles.